The Hall–Kier alpha value is -13.9. The van der Waals surface area contributed by atoms with E-state index < -0.39 is 0 Å². The Balaban J connectivity index is 0.811. The van der Waals surface area contributed by atoms with Crippen LogP contribution in [0.4, 0.5) is 0 Å². The lowest BCUT2D eigenvalue weighted by Gasteiger charge is -2.16. The molecule has 100 heavy (non-hydrogen) atoms. The van der Waals surface area contributed by atoms with E-state index >= 15 is 0 Å². The molecule has 0 saturated carbocycles. The number of nitriles is 2. The zero-order chi connectivity index (χ0) is 65.8. The molecule has 0 N–H and O–H groups in total. The summed E-state index contributed by atoms with van der Waals surface area (Å²) in [5.74, 6) is 0. The molecular formula is C92H54N8. The average molecular weight is 1270 g/mol. The van der Waals surface area contributed by atoms with Crippen LogP contribution >= 0.6 is 0 Å². The SMILES string of the molecule is N#Cc1cc(-n2c3ccc(-c4ccc5c6ccccc6n(-c6ccccc6)c5c4)cc3c3cc4c(cc32)c2ccccc2n4-c2ccccc2)c(C#N)cc1-n1c2ccc(-c3ccc4c5ccccc5n(-c5ccccc5)c4c3)cc2c2cc3c(cc21)c1ccccc1n3-c1ccccc1. The predicted octanol–water partition coefficient (Wildman–Crippen LogP) is 23.3. The van der Waals surface area contributed by atoms with Gasteiger partial charge in [-0.05, 0) is 168 Å². The fourth-order valence-corrected chi connectivity index (χ4v) is 16.7. The molecule has 0 radical (unpaired) electrons. The van der Waals surface area contributed by atoms with E-state index in [9.17, 15) is 10.5 Å². The minimum atomic E-state index is 0.429. The third-order valence-corrected chi connectivity index (χ3v) is 21.0. The Morgan fingerprint density at radius 3 is 0.730 bits per heavy atom. The van der Waals surface area contributed by atoms with Gasteiger partial charge in [0.15, 0.2) is 0 Å². The maximum Gasteiger partial charge on any atom is 0.101 e. The summed E-state index contributed by atoms with van der Waals surface area (Å²) >= 11 is 0. The molecule has 15 aromatic carbocycles. The van der Waals surface area contributed by atoms with Gasteiger partial charge in [0.1, 0.15) is 12.1 Å². The van der Waals surface area contributed by atoms with Crippen LogP contribution in [0.2, 0.25) is 0 Å². The lowest BCUT2D eigenvalue weighted by molar-refractivity contribution is 1.12. The highest BCUT2D eigenvalue weighted by Crippen LogP contribution is 2.47. The van der Waals surface area contributed by atoms with Crippen LogP contribution in [-0.2, 0) is 0 Å². The first-order valence-corrected chi connectivity index (χ1v) is 33.8. The molecule has 0 bridgehead atoms. The second kappa shape index (κ2) is 21.3. The zero-order valence-corrected chi connectivity index (χ0v) is 53.8. The molecule has 6 aromatic heterocycles. The Kier molecular flexibility index (Phi) is 11.8. The van der Waals surface area contributed by atoms with Crippen LogP contribution in [0.1, 0.15) is 11.1 Å². The van der Waals surface area contributed by atoms with Gasteiger partial charge in [-0.2, -0.15) is 10.5 Å². The van der Waals surface area contributed by atoms with Crippen LogP contribution in [0.25, 0.3) is 187 Å². The van der Waals surface area contributed by atoms with Crippen molar-refractivity contribution in [3.8, 4) is 68.5 Å². The van der Waals surface area contributed by atoms with Crippen LogP contribution in [0.3, 0.4) is 0 Å². The minimum Gasteiger partial charge on any atom is -0.309 e. The summed E-state index contributed by atoms with van der Waals surface area (Å²) in [6, 6.07) is 123. The van der Waals surface area contributed by atoms with Gasteiger partial charge >= 0.3 is 0 Å². The number of para-hydroxylation sites is 8. The van der Waals surface area contributed by atoms with Crippen LogP contribution < -0.4 is 0 Å². The molecule has 0 saturated heterocycles. The molecule has 6 heterocycles. The highest BCUT2D eigenvalue weighted by atomic mass is 15.0. The number of fused-ring (bicyclic) bond motifs is 18. The van der Waals surface area contributed by atoms with Gasteiger partial charge in [0.05, 0.1) is 88.7 Å². The predicted molar refractivity (Wildman–Crippen MR) is 413 cm³/mol. The number of hydrogen-bond acceptors (Lipinski definition) is 2. The van der Waals surface area contributed by atoms with Crippen molar-refractivity contribution in [2.24, 2.45) is 0 Å². The number of benzene rings is 15. The summed E-state index contributed by atoms with van der Waals surface area (Å²) in [6.07, 6.45) is 0. The van der Waals surface area contributed by atoms with Gasteiger partial charge in [-0.15, -0.1) is 0 Å². The topological polar surface area (TPSA) is 77.2 Å². The van der Waals surface area contributed by atoms with Gasteiger partial charge in [0, 0.05) is 87.4 Å². The van der Waals surface area contributed by atoms with E-state index in [0.717, 1.165) is 154 Å². The Morgan fingerprint density at radius 1 is 0.170 bits per heavy atom. The highest BCUT2D eigenvalue weighted by Gasteiger charge is 2.26. The van der Waals surface area contributed by atoms with Crippen LogP contribution in [0.15, 0.2) is 328 Å². The quantitative estimate of drug-likeness (QED) is 0.152. The Bertz CT molecular complexity index is 6710. The Morgan fingerprint density at radius 2 is 0.400 bits per heavy atom. The normalized spacial score (nSPS) is 12.0. The van der Waals surface area contributed by atoms with Gasteiger partial charge in [-0.3, -0.25) is 0 Å². The molecule has 8 heteroatoms. The minimum absolute atomic E-state index is 0.429. The average Bonchev–Trinajstić information content (AvgIpc) is 1.55. The van der Waals surface area contributed by atoms with E-state index in [-0.39, 0.29) is 0 Å². The number of nitrogens with zero attached hydrogens (tertiary/aromatic N) is 8. The lowest BCUT2D eigenvalue weighted by atomic mass is 10.0. The number of rotatable bonds is 8. The third kappa shape index (κ3) is 7.96. The van der Waals surface area contributed by atoms with E-state index in [1.807, 2.05) is 12.1 Å². The van der Waals surface area contributed by atoms with E-state index in [4.69, 9.17) is 0 Å². The monoisotopic (exact) mass is 1270 g/mol. The largest absolute Gasteiger partial charge is 0.309 e. The summed E-state index contributed by atoms with van der Waals surface area (Å²) < 4.78 is 13.9. The maximum atomic E-state index is 11.9. The smallest absolute Gasteiger partial charge is 0.101 e. The summed E-state index contributed by atoms with van der Waals surface area (Å²) in [5.41, 5.74) is 23.3. The molecule has 21 rings (SSSR count). The van der Waals surface area contributed by atoms with E-state index in [0.29, 0.717) is 22.5 Å². The molecule has 0 unspecified atom stereocenters. The molecule has 0 fully saturated rings. The zero-order valence-electron chi connectivity index (χ0n) is 53.8. The van der Waals surface area contributed by atoms with Crippen LogP contribution in [0.5, 0.6) is 0 Å². The van der Waals surface area contributed by atoms with Crippen molar-refractivity contribution >= 4 is 131 Å². The van der Waals surface area contributed by atoms with Crippen molar-refractivity contribution in [1.82, 2.24) is 27.4 Å². The molecule has 0 atom stereocenters. The van der Waals surface area contributed by atoms with E-state index in [1.165, 1.54) is 21.5 Å². The summed E-state index contributed by atoms with van der Waals surface area (Å²) in [6.45, 7) is 0. The first-order chi connectivity index (χ1) is 49.5. The van der Waals surface area contributed by atoms with Crippen molar-refractivity contribution in [2.45, 2.75) is 0 Å². The number of aromatic nitrogens is 6. The molecule has 0 aliphatic heterocycles. The van der Waals surface area contributed by atoms with Crippen molar-refractivity contribution in [3.05, 3.63) is 339 Å². The molecule has 0 aliphatic rings. The van der Waals surface area contributed by atoms with Crippen molar-refractivity contribution in [1.29, 1.82) is 10.5 Å². The second-order valence-corrected chi connectivity index (χ2v) is 26.2. The van der Waals surface area contributed by atoms with E-state index in [1.54, 1.807) is 0 Å². The molecule has 0 aliphatic carbocycles. The van der Waals surface area contributed by atoms with Crippen LogP contribution in [-0.4, -0.2) is 27.4 Å². The first-order valence-electron chi connectivity index (χ1n) is 33.8. The maximum absolute atomic E-state index is 11.9. The molecule has 462 valence electrons. The van der Waals surface area contributed by atoms with E-state index in [2.05, 4.69) is 355 Å². The lowest BCUT2D eigenvalue weighted by Crippen LogP contribution is -2.04. The summed E-state index contributed by atoms with van der Waals surface area (Å²) in [4.78, 5) is 0. The standard InChI is InChI=1S/C92H54N8/c93-55-61-50-86(100-84-44-40-58(60-38-42-72-68-30-14-18-34-80(68)96(88(72)48-60)64-23-7-2-8-24-64)46-74(84)78-54-90-76(52-92(78)100)70-32-16-20-36-82(70)98(90)66-27-11-4-12-28-66)62(56-94)49-85(61)99-83-43-39-57(59-37-41-71-67-29-13-17-33-79(67)95(87(71)47-59)63-21-5-1-6-22-63)45-73(83)77-53-89-75(51-91(77)99)69-31-15-19-35-81(69)97(89)65-25-9-3-10-26-65/h1-54H. The molecule has 8 nitrogen and oxygen atoms in total. The van der Waals surface area contributed by atoms with Gasteiger partial charge in [-0.1, -0.05) is 182 Å². The van der Waals surface area contributed by atoms with Gasteiger partial charge < -0.3 is 27.4 Å². The number of hydrogen-bond donors (Lipinski definition) is 0. The van der Waals surface area contributed by atoms with Gasteiger partial charge in [0.2, 0.25) is 0 Å². The fourth-order valence-electron chi connectivity index (χ4n) is 16.7. The third-order valence-electron chi connectivity index (χ3n) is 21.0. The molecule has 0 amide bonds. The van der Waals surface area contributed by atoms with Crippen molar-refractivity contribution < 1.29 is 0 Å². The van der Waals surface area contributed by atoms with Crippen LogP contribution in [0, 0.1) is 22.7 Å². The second-order valence-electron chi connectivity index (χ2n) is 26.2. The summed E-state index contributed by atoms with van der Waals surface area (Å²) in [5, 5.41) is 37.1. The first kappa shape index (κ1) is 55.4. The van der Waals surface area contributed by atoms with Crippen molar-refractivity contribution in [2.75, 3.05) is 0 Å². The molecule has 21 aromatic rings. The molecular weight excluding hydrogens is 1220 g/mol. The highest BCUT2D eigenvalue weighted by molar-refractivity contribution is 6.22. The fraction of sp³-hybridized carbons (Fsp3) is 0. The van der Waals surface area contributed by atoms with Gasteiger partial charge in [-0.25, -0.2) is 0 Å². The Labute approximate surface area is 572 Å². The molecule has 0 spiro atoms. The van der Waals surface area contributed by atoms with Crippen molar-refractivity contribution in [3.63, 3.8) is 0 Å². The summed E-state index contributed by atoms with van der Waals surface area (Å²) in [7, 11) is 0. The van der Waals surface area contributed by atoms with Gasteiger partial charge in [0.25, 0.3) is 0 Å².